The Labute approximate surface area is 153 Å². The summed E-state index contributed by atoms with van der Waals surface area (Å²) in [6, 6.07) is 3.51. The Morgan fingerprint density at radius 3 is 2.62 bits per heavy atom. The molecule has 1 aliphatic carbocycles. The highest BCUT2D eigenvalue weighted by atomic mass is 32.1. The summed E-state index contributed by atoms with van der Waals surface area (Å²) >= 11 is 1.20. The molecule has 136 valence electrons. The summed E-state index contributed by atoms with van der Waals surface area (Å²) in [5, 5.41) is 11.5. The summed E-state index contributed by atoms with van der Waals surface area (Å²) in [6.07, 6.45) is 5.12. The number of hydrogen-bond acceptors (Lipinski definition) is 7. The number of nitrogens with zero attached hydrogens (tertiary/aromatic N) is 3. The highest BCUT2D eigenvalue weighted by molar-refractivity contribution is 7.18. The number of carbonyl (C=O) groups excluding carboxylic acids is 3. The molecule has 0 unspecified atom stereocenters. The number of imide groups is 1. The van der Waals surface area contributed by atoms with Gasteiger partial charge in [-0.1, -0.05) is 24.2 Å². The number of fused-ring (bicyclic) bond motifs is 1. The van der Waals surface area contributed by atoms with Gasteiger partial charge in [0.25, 0.3) is 0 Å². The molecule has 0 bridgehead atoms. The Balaban J connectivity index is 1.33. The van der Waals surface area contributed by atoms with Crippen molar-refractivity contribution in [3.8, 4) is 10.8 Å². The van der Waals surface area contributed by atoms with Gasteiger partial charge in [0.2, 0.25) is 22.9 Å². The summed E-state index contributed by atoms with van der Waals surface area (Å²) in [5.74, 6) is -0.329. The first kappa shape index (κ1) is 16.9. The smallest absolute Gasteiger partial charge is 0.233 e. The molecule has 2 aliphatic rings. The van der Waals surface area contributed by atoms with Crippen LogP contribution in [0.2, 0.25) is 0 Å². The molecule has 26 heavy (non-hydrogen) atoms. The molecule has 1 aliphatic heterocycles. The number of carbonyl (C=O) groups is 3. The number of anilines is 1. The first-order valence-corrected chi connectivity index (χ1v) is 9.47. The lowest BCUT2D eigenvalue weighted by Gasteiger charge is -2.19. The van der Waals surface area contributed by atoms with Crippen molar-refractivity contribution in [3.63, 3.8) is 0 Å². The Hall–Kier alpha value is -2.55. The third kappa shape index (κ3) is 3.14. The summed E-state index contributed by atoms with van der Waals surface area (Å²) in [7, 11) is 0. The molecule has 9 heteroatoms. The monoisotopic (exact) mass is 374 g/mol. The van der Waals surface area contributed by atoms with Gasteiger partial charge in [0, 0.05) is 13.0 Å². The van der Waals surface area contributed by atoms with Crippen molar-refractivity contribution < 1.29 is 18.8 Å². The molecule has 8 nitrogen and oxygen atoms in total. The standard InChI is InChI=1S/C17H18N4O4S/c22-13(18-17-20-19-14(26-17)12-6-3-9-25-12)7-8-21-15(23)10-4-1-2-5-11(10)16(21)24/h3,6,9-11H,1-2,4-5,7-8H2,(H,18,20,22)/t10-,11-/m0/s1. The zero-order valence-electron chi connectivity index (χ0n) is 14.0. The van der Waals surface area contributed by atoms with Crippen LogP contribution in [-0.4, -0.2) is 39.4 Å². The molecule has 0 radical (unpaired) electrons. The quantitative estimate of drug-likeness (QED) is 0.805. The van der Waals surface area contributed by atoms with Gasteiger partial charge in [0.05, 0.1) is 18.1 Å². The van der Waals surface area contributed by atoms with E-state index in [0.717, 1.165) is 25.7 Å². The van der Waals surface area contributed by atoms with Crippen molar-refractivity contribution >= 4 is 34.2 Å². The van der Waals surface area contributed by atoms with Crippen molar-refractivity contribution in [1.29, 1.82) is 0 Å². The first-order valence-electron chi connectivity index (χ1n) is 8.66. The van der Waals surface area contributed by atoms with Gasteiger partial charge in [-0.3, -0.25) is 19.3 Å². The van der Waals surface area contributed by atoms with Crippen molar-refractivity contribution in [2.45, 2.75) is 32.1 Å². The maximum absolute atomic E-state index is 12.4. The second-order valence-corrected chi connectivity index (χ2v) is 7.49. The minimum Gasteiger partial charge on any atom is -0.462 e. The zero-order chi connectivity index (χ0) is 18.1. The van der Waals surface area contributed by atoms with Gasteiger partial charge in [-0.15, -0.1) is 10.2 Å². The molecule has 0 aromatic carbocycles. The van der Waals surface area contributed by atoms with Crippen LogP contribution in [0.5, 0.6) is 0 Å². The van der Waals surface area contributed by atoms with Crippen LogP contribution in [0.15, 0.2) is 22.8 Å². The van der Waals surface area contributed by atoms with Crippen LogP contribution >= 0.6 is 11.3 Å². The predicted molar refractivity (Wildman–Crippen MR) is 93.0 cm³/mol. The van der Waals surface area contributed by atoms with Crippen LogP contribution in [0.4, 0.5) is 5.13 Å². The molecule has 0 spiro atoms. The lowest BCUT2D eigenvalue weighted by Crippen LogP contribution is -2.34. The number of amides is 3. The van der Waals surface area contributed by atoms with Gasteiger partial charge in [0.15, 0.2) is 10.8 Å². The summed E-state index contributed by atoms with van der Waals surface area (Å²) in [5.41, 5.74) is 0. The maximum atomic E-state index is 12.4. The van der Waals surface area contributed by atoms with E-state index in [-0.39, 0.29) is 42.5 Å². The van der Waals surface area contributed by atoms with E-state index in [2.05, 4.69) is 15.5 Å². The number of likely N-dealkylation sites (tertiary alicyclic amines) is 1. The molecule has 3 amide bonds. The van der Waals surface area contributed by atoms with Crippen molar-refractivity contribution in [2.75, 3.05) is 11.9 Å². The minimum atomic E-state index is -0.303. The van der Waals surface area contributed by atoms with Gasteiger partial charge in [-0.05, 0) is 25.0 Å². The maximum Gasteiger partial charge on any atom is 0.233 e. The Bertz CT molecular complexity index is 808. The molecule has 2 fully saturated rings. The van der Waals surface area contributed by atoms with Gasteiger partial charge in [-0.2, -0.15) is 0 Å². The Morgan fingerprint density at radius 2 is 1.96 bits per heavy atom. The fourth-order valence-corrected chi connectivity index (χ4v) is 4.35. The average Bonchev–Trinajstić information content (AvgIpc) is 3.36. The normalized spacial score (nSPS) is 22.5. The highest BCUT2D eigenvalue weighted by Gasteiger charge is 2.47. The first-order chi connectivity index (χ1) is 12.6. The number of nitrogens with one attached hydrogen (secondary N) is 1. The molecule has 2 aromatic heterocycles. The molecule has 4 rings (SSSR count). The molecule has 2 aromatic rings. The predicted octanol–water partition coefficient (Wildman–Crippen LogP) is 2.30. The minimum absolute atomic E-state index is 0.0482. The van der Waals surface area contributed by atoms with E-state index in [9.17, 15) is 14.4 Å². The topological polar surface area (TPSA) is 105 Å². The number of rotatable bonds is 5. The molecule has 2 atom stereocenters. The van der Waals surface area contributed by atoms with Crippen molar-refractivity contribution in [2.24, 2.45) is 11.8 Å². The Morgan fingerprint density at radius 1 is 1.23 bits per heavy atom. The number of hydrogen-bond donors (Lipinski definition) is 1. The van der Waals surface area contributed by atoms with Crippen LogP contribution in [0.3, 0.4) is 0 Å². The van der Waals surface area contributed by atoms with E-state index < -0.39 is 0 Å². The molecule has 1 saturated carbocycles. The van der Waals surface area contributed by atoms with E-state index in [1.54, 1.807) is 12.1 Å². The van der Waals surface area contributed by atoms with Crippen LogP contribution in [0.25, 0.3) is 10.8 Å². The van der Waals surface area contributed by atoms with E-state index >= 15 is 0 Å². The van der Waals surface area contributed by atoms with Gasteiger partial charge >= 0.3 is 0 Å². The largest absolute Gasteiger partial charge is 0.462 e. The van der Waals surface area contributed by atoms with E-state index in [0.29, 0.717) is 15.9 Å². The van der Waals surface area contributed by atoms with Gasteiger partial charge in [0.1, 0.15) is 0 Å². The second kappa shape index (κ2) is 6.99. The number of aromatic nitrogens is 2. The average molecular weight is 374 g/mol. The lowest BCUT2D eigenvalue weighted by atomic mass is 9.81. The second-order valence-electron chi connectivity index (χ2n) is 6.51. The summed E-state index contributed by atoms with van der Waals surface area (Å²) < 4.78 is 5.24. The third-order valence-corrected chi connectivity index (χ3v) is 5.75. The fraction of sp³-hybridized carbons (Fsp3) is 0.471. The van der Waals surface area contributed by atoms with E-state index in [4.69, 9.17) is 4.42 Å². The lowest BCUT2D eigenvalue weighted by molar-refractivity contribution is -0.140. The van der Waals surface area contributed by atoms with Crippen LogP contribution < -0.4 is 5.32 Å². The van der Waals surface area contributed by atoms with Gasteiger partial charge < -0.3 is 9.73 Å². The third-order valence-electron chi connectivity index (χ3n) is 4.90. The number of furan rings is 1. The fourth-order valence-electron chi connectivity index (χ4n) is 3.62. The molecule has 3 heterocycles. The Kier molecular flexibility index (Phi) is 4.54. The molecular weight excluding hydrogens is 356 g/mol. The van der Waals surface area contributed by atoms with Crippen LogP contribution in [-0.2, 0) is 14.4 Å². The summed E-state index contributed by atoms with van der Waals surface area (Å²) in [6.45, 7) is 0.111. The van der Waals surface area contributed by atoms with Crippen molar-refractivity contribution in [3.05, 3.63) is 18.4 Å². The van der Waals surface area contributed by atoms with E-state index in [1.165, 1.54) is 22.5 Å². The van der Waals surface area contributed by atoms with Crippen LogP contribution in [0.1, 0.15) is 32.1 Å². The zero-order valence-corrected chi connectivity index (χ0v) is 14.8. The molecular formula is C17H18N4O4S. The molecule has 1 N–H and O–H groups in total. The van der Waals surface area contributed by atoms with Crippen molar-refractivity contribution in [1.82, 2.24) is 15.1 Å². The van der Waals surface area contributed by atoms with Crippen LogP contribution in [0, 0.1) is 11.8 Å². The highest BCUT2D eigenvalue weighted by Crippen LogP contribution is 2.38. The molecule has 1 saturated heterocycles. The SMILES string of the molecule is O=C(CCN1C(=O)[C@H]2CCCC[C@@H]2C1=O)Nc1nnc(-c2ccco2)s1. The summed E-state index contributed by atoms with van der Waals surface area (Å²) in [4.78, 5) is 38.2. The van der Waals surface area contributed by atoms with E-state index in [1.807, 2.05) is 0 Å². The van der Waals surface area contributed by atoms with Gasteiger partial charge in [-0.25, -0.2) is 0 Å².